The maximum absolute atomic E-state index is 12.6. The molecule has 2 aromatic rings. The van der Waals surface area contributed by atoms with E-state index in [0.717, 1.165) is 38.2 Å². The molecule has 0 bridgehead atoms. The minimum absolute atomic E-state index is 0.00543. The average molecular weight is 381 g/mol. The number of hydrogen-bond donors (Lipinski definition) is 2. The fourth-order valence-corrected chi connectivity index (χ4v) is 3.52. The van der Waals surface area contributed by atoms with Crippen LogP contribution in [0.5, 0.6) is 0 Å². The van der Waals surface area contributed by atoms with Gasteiger partial charge in [0, 0.05) is 25.1 Å². The summed E-state index contributed by atoms with van der Waals surface area (Å²) in [5, 5.41) is 10.3. The Labute approximate surface area is 165 Å². The van der Waals surface area contributed by atoms with Crippen LogP contribution < -0.4 is 10.6 Å². The number of likely N-dealkylation sites (tertiary alicyclic amines) is 1. The van der Waals surface area contributed by atoms with Crippen molar-refractivity contribution >= 4 is 17.6 Å². The van der Waals surface area contributed by atoms with E-state index in [4.69, 9.17) is 0 Å². The highest BCUT2D eigenvalue weighted by atomic mass is 16.2. The van der Waals surface area contributed by atoms with Crippen molar-refractivity contribution in [2.24, 2.45) is 5.92 Å². The lowest BCUT2D eigenvalue weighted by atomic mass is 10.1. The van der Waals surface area contributed by atoms with E-state index >= 15 is 0 Å². The van der Waals surface area contributed by atoms with Crippen molar-refractivity contribution in [1.82, 2.24) is 20.0 Å². The van der Waals surface area contributed by atoms with Crippen LogP contribution in [0.25, 0.3) is 5.69 Å². The van der Waals surface area contributed by atoms with Crippen molar-refractivity contribution in [3.8, 4) is 5.69 Å². The number of carbonyl (C=O) groups is 2. The Bertz CT molecular complexity index is 823. The molecule has 1 aromatic carbocycles. The number of aromatic nitrogens is 2. The second-order valence-electron chi connectivity index (χ2n) is 7.58. The summed E-state index contributed by atoms with van der Waals surface area (Å²) in [5.74, 6) is 0.396. The molecule has 0 atom stereocenters. The Balaban J connectivity index is 1.44. The summed E-state index contributed by atoms with van der Waals surface area (Å²) in [6.07, 6.45) is 5.62. The van der Waals surface area contributed by atoms with Gasteiger partial charge in [0.15, 0.2) is 5.69 Å². The van der Waals surface area contributed by atoms with Gasteiger partial charge in [0.2, 0.25) is 5.91 Å². The average Bonchev–Trinajstić information content (AvgIpc) is 3.50. The summed E-state index contributed by atoms with van der Waals surface area (Å²) >= 11 is 0. The second-order valence-corrected chi connectivity index (χ2v) is 7.58. The summed E-state index contributed by atoms with van der Waals surface area (Å²) in [6, 6.07) is 11.2. The quantitative estimate of drug-likeness (QED) is 0.772. The van der Waals surface area contributed by atoms with E-state index < -0.39 is 0 Å². The fraction of sp³-hybridized carbons (Fsp3) is 0.476. The van der Waals surface area contributed by atoms with Crippen molar-refractivity contribution < 1.29 is 9.59 Å². The minimum Gasteiger partial charge on any atom is -0.349 e. The van der Waals surface area contributed by atoms with Crippen molar-refractivity contribution in [2.75, 3.05) is 31.5 Å². The number of hydrogen-bond acceptors (Lipinski definition) is 4. The number of anilines is 1. The molecule has 7 heteroatoms. The van der Waals surface area contributed by atoms with Crippen LogP contribution in [0.3, 0.4) is 0 Å². The van der Waals surface area contributed by atoms with Gasteiger partial charge in [-0.05, 0) is 50.9 Å². The smallest absolute Gasteiger partial charge is 0.271 e. The van der Waals surface area contributed by atoms with E-state index in [2.05, 4.69) is 20.6 Å². The number of piperidine rings is 1. The zero-order chi connectivity index (χ0) is 19.3. The molecule has 1 saturated carbocycles. The number of benzene rings is 1. The molecule has 148 valence electrons. The summed E-state index contributed by atoms with van der Waals surface area (Å²) < 4.78 is 1.62. The Kier molecular flexibility index (Phi) is 5.71. The molecular weight excluding hydrogens is 354 g/mol. The molecule has 4 rings (SSSR count). The third-order valence-electron chi connectivity index (χ3n) is 5.30. The molecule has 0 radical (unpaired) electrons. The Morgan fingerprint density at radius 3 is 2.54 bits per heavy atom. The van der Waals surface area contributed by atoms with Crippen molar-refractivity contribution in [1.29, 1.82) is 0 Å². The van der Waals surface area contributed by atoms with Crippen LogP contribution in [0.15, 0.2) is 36.4 Å². The molecule has 1 saturated heterocycles. The second kappa shape index (κ2) is 8.56. The topological polar surface area (TPSA) is 79.3 Å². The monoisotopic (exact) mass is 381 g/mol. The normalized spacial score (nSPS) is 17.3. The lowest BCUT2D eigenvalue weighted by Gasteiger charge is -2.26. The van der Waals surface area contributed by atoms with E-state index in [9.17, 15) is 9.59 Å². The van der Waals surface area contributed by atoms with Gasteiger partial charge in [-0.25, -0.2) is 4.68 Å². The third kappa shape index (κ3) is 4.59. The first-order valence-electron chi connectivity index (χ1n) is 10.2. The van der Waals surface area contributed by atoms with Gasteiger partial charge in [-0.2, -0.15) is 5.10 Å². The number of nitrogens with zero attached hydrogens (tertiary/aromatic N) is 3. The van der Waals surface area contributed by atoms with Gasteiger partial charge in [0.1, 0.15) is 5.82 Å². The number of amides is 2. The minimum atomic E-state index is -0.214. The number of rotatable bonds is 7. The summed E-state index contributed by atoms with van der Waals surface area (Å²) in [6.45, 7) is 3.67. The van der Waals surface area contributed by atoms with Gasteiger partial charge in [-0.3, -0.25) is 9.59 Å². The van der Waals surface area contributed by atoms with E-state index in [-0.39, 0.29) is 17.7 Å². The predicted molar refractivity (Wildman–Crippen MR) is 108 cm³/mol. The van der Waals surface area contributed by atoms with E-state index in [1.807, 2.05) is 30.3 Å². The van der Waals surface area contributed by atoms with Gasteiger partial charge in [-0.15, -0.1) is 0 Å². The van der Waals surface area contributed by atoms with Crippen LogP contribution in [0.1, 0.15) is 42.6 Å². The van der Waals surface area contributed by atoms with Gasteiger partial charge < -0.3 is 15.5 Å². The molecule has 2 amide bonds. The number of carbonyl (C=O) groups excluding carboxylic acids is 2. The van der Waals surface area contributed by atoms with Crippen LogP contribution in [-0.2, 0) is 4.79 Å². The maximum Gasteiger partial charge on any atom is 0.271 e. The molecular formula is C21H27N5O2. The van der Waals surface area contributed by atoms with Crippen LogP contribution in [-0.4, -0.2) is 52.7 Å². The lowest BCUT2D eigenvalue weighted by Crippen LogP contribution is -2.37. The molecule has 28 heavy (non-hydrogen) atoms. The first-order chi connectivity index (χ1) is 13.7. The molecule has 1 aromatic heterocycles. The Morgan fingerprint density at radius 1 is 1.07 bits per heavy atom. The summed E-state index contributed by atoms with van der Waals surface area (Å²) in [7, 11) is 0. The van der Waals surface area contributed by atoms with Gasteiger partial charge in [0.05, 0.1) is 5.69 Å². The predicted octanol–water partition coefficient (Wildman–Crippen LogP) is 2.44. The summed E-state index contributed by atoms with van der Waals surface area (Å²) in [4.78, 5) is 27.2. The van der Waals surface area contributed by atoms with Crippen molar-refractivity contribution in [3.05, 3.63) is 42.1 Å². The van der Waals surface area contributed by atoms with Crippen LogP contribution in [0.4, 0.5) is 5.82 Å². The van der Waals surface area contributed by atoms with Gasteiger partial charge in [0.25, 0.3) is 5.91 Å². The SMILES string of the molecule is O=C(NCCN1CCCCC1)c1cc(NC(=O)C2CC2)n(-c2ccccc2)n1. The highest BCUT2D eigenvalue weighted by molar-refractivity contribution is 5.97. The largest absolute Gasteiger partial charge is 0.349 e. The molecule has 1 aliphatic carbocycles. The summed E-state index contributed by atoms with van der Waals surface area (Å²) in [5.41, 5.74) is 1.12. The molecule has 0 unspecified atom stereocenters. The Morgan fingerprint density at radius 2 is 1.82 bits per heavy atom. The van der Waals surface area contributed by atoms with E-state index in [0.29, 0.717) is 18.1 Å². The van der Waals surface area contributed by atoms with Crippen LogP contribution in [0, 0.1) is 5.92 Å². The standard InChI is InChI=1S/C21H27N5O2/c27-20(16-9-10-16)23-19-15-18(24-26(19)17-7-3-1-4-8-17)21(28)22-11-14-25-12-5-2-6-13-25/h1,3-4,7-8,15-16H,2,5-6,9-14H2,(H,22,28)(H,23,27). The van der Waals surface area contributed by atoms with E-state index in [1.54, 1.807) is 10.7 Å². The van der Waals surface area contributed by atoms with Gasteiger partial charge >= 0.3 is 0 Å². The lowest BCUT2D eigenvalue weighted by molar-refractivity contribution is -0.117. The molecule has 0 spiro atoms. The first-order valence-corrected chi connectivity index (χ1v) is 10.2. The molecule has 7 nitrogen and oxygen atoms in total. The molecule has 2 fully saturated rings. The van der Waals surface area contributed by atoms with Crippen LogP contribution >= 0.6 is 0 Å². The van der Waals surface area contributed by atoms with Crippen LogP contribution in [0.2, 0.25) is 0 Å². The van der Waals surface area contributed by atoms with Crippen molar-refractivity contribution in [2.45, 2.75) is 32.1 Å². The number of nitrogens with one attached hydrogen (secondary N) is 2. The van der Waals surface area contributed by atoms with E-state index in [1.165, 1.54) is 19.3 Å². The number of para-hydroxylation sites is 1. The molecule has 1 aliphatic heterocycles. The first kappa shape index (κ1) is 18.7. The molecule has 2 aliphatic rings. The highest BCUT2D eigenvalue weighted by Crippen LogP contribution is 2.30. The third-order valence-corrected chi connectivity index (χ3v) is 5.30. The Hall–Kier alpha value is -2.67. The zero-order valence-electron chi connectivity index (χ0n) is 16.1. The highest BCUT2D eigenvalue weighted by Gasteiger charge is 2.30. The zero-order valence-corrected chi connectivity index (χ0v) is 16.1. The molecule has 2 heterocycles. The molecule has 2 N–H and O–H groups in total. The van der Waals surface area contributed by atoms with Crippen molar-refractivity contribution in [3.63, 3.8) is 0 Å². The van der Waals surface area contributed by atoms with Gasteiger partial charge in [-0.1, -0.05) is 24.6 Å². The fourth-order valence-electron chi connectivity index (χ4n) is 3.52. The maximum atomic E-state index is 12.6.